The molecule has 0 bridgehead atoms. The molecule has 0 aromatic heterocycles. The van der Waals surface area contributed by atoms with Crippen molar-refractivity contribution in [3.05, 3.63) is 11.6 Å². The van der Waals surface area contributed by atoms with Gasteiger partial charge in [-0.25, -0.2) is 4.79 Å². The predicted octanol–water partition coefficient (Wildman–Crippen LogP) is 0.942. The van der Waals surface area contributed by atoms with E-state index in [2.05, 4.69) is 0 Å². The lowest BCUT2D eigenvalue weighted by Gasteiger charge is -2.22. The first-order chi connectivity index (χ1) is 6.69. The van der Waals surface area contributed by atoms with Crippen LogP contribution < -0.4 is 14.2 Å². The number of phenolic OH excluding ortho intramolecular Hbond substituents is 1. The third-order valence-electron chi connectivity index (χ3n) is 2.01. The number of aromatic hydroxyl groups is 1. The van der Waals surface area contributed by atoms with E-state index in [1.54, 1.807) is 0 Å². The molecule has 0 aliphatic carbocycles. The number of hydrogen-bond acceptors (Lipinski definition) is 5. The summed E-state index contributed by atoms with van der Waals surface area (Å²) in [5.41, 5.74) is 0.358. The monoisotopic (exact) mass is 196 g/mol. The van der Waals surface area contributed by atoms with Crippen LogP contribution in [0.15, 0.2) is 6.07 Å². The molecule has 14 heavy (non-hydrogen) atoms. The Kier molecular flexibility index (Phi) is 1.73. The highest BCUT2D eigenvalue weighted by Gasteiger charge is 2.34. The zero-order chi connectivity index (χ0) is 10.3. The summed E-state index contributed by atoms with van der Waals surface area (Å²) < 4.78 is 14.5. The molecule has 1 aromatic rings. The largest absolute Gasteiger partial charge is 0.502 e. The second kappa shape index (κ2) is 2.80. The van der Waals surface area contributed by atoms with E-state index < -0.39 is 5.97 Å². The topological polar surface area (TPSA) is 65.0 Å². The van der Waals surface area contributed by atoms with Gasteiger partial charge in [0.15, 0.2) is 11.5 Å². The zero-order valence-corrected chi connectivity index (χ0v) is 7.66. The van der Waals surface area contributed by atoms with Gasteiger partial charge in [-0.05, 0) is 0 Å². The minimum atomic E-state index is -0.448. The van der Waals surface area contributed by atoms with Gasteiger partial charge in [-0.3, -0.25) is 0 Å². The van der Waals surface area contributed by atoms with Gasteiger partial charge < -0.3 is 19.3 Å². The summed E-state index contributed by atoms with van der Waals surface area (Å²) in [6.07, 6.45) is 0. The van der Waals surface area contributed by atoms with Crippen LogP contribution in [0.1, 0.15) is 10.4 Å². The maximum atomic E-state index is 11.0. The minimum absolute atomic E-state index is 0.124. The first-order valence-corrected chi connectivity index (χ1v) is 3.89. The van der Waals surface area contributed by atoms with Crippen molar-refractivity contribution < 1.29 is 24.1 Å². The highest BCUT2D eigenvalue weighted by atomic mass is 16.6. The summed E-state index contributed by atoms with van der Waals surface area (Å²) in [7, 11) is 2.77. The summed E-state index contributed by atoms with van der Waals surface area (Å²) in [6.45, 7) is 0. The van der Waals surface area contributed by atoms with Gasteiger partial charge in [0.1, 0.15) is 5.56 Å². The molecule has 0 saturated carbocycles. The van der Waals surface area contributed by atoms with Crippen LogP contribution in [0.4, 0.5) is 0 Å². The number of benzene rings is 1. The standard InChI is InChI=1S/C9H8O5/c1-12-5-3-4-7(14-9(4)11)8(13-2)6(5)10/h3,10H,1-2H3. The molecule has 5 nitrogen and oxygen atoms in total. The van der Waals surface area contributed by atoms with Crippen molar-refractivity contribution in [2.75, 3.05) is 14.2 Å². The third-order valence-corrected chi connectivity index (χ3v) is 2.01. The fraction of sp³-hybridized carbons (Fsp3) is 0.222. The van der Waals surface area contributed by atoms with Crippen molar-refractivity contribution in [3.8, 4) is 23.0 Å². The number of fused-ring (bicyclic) bond motifs is 1. The fourth-order valence-corrected chi connectivity index (χ4v) is 1.31. The maximum absolute atomic E-state index is 11.0. The molecule has 1 N–H and O–H groups in total. The molecule has 5 heteroatoms. The number of carbonyl (C=O) groups excluding carboxylic acids is 1. The average Bonchev–Trinajstić information content (AvgIpc) is 2.18. The molecule has 2 rings (SSSR count). The van der Waals surface area contributed by atoms with Gasteiger partial charge in [0, 0.05) is 6.07 Å². The van der Waals surface area contributed by atoms with E-state index in [4.69, 9.17) is 14.2 Å². The van der Waals surface area contributed by atoms with E-state index >= 15 is 0 Å². The van der Waals surface area contributed by atoms with Crippen molar-refractivity contribution in [1.29, 1.82) is 0 Å². The summed E-state index contributed by atoms with van der Waals surface area (Å²) in [6, 6.07) is 1.42. The van der Waals surface area contributed by atoms with E-state index in [9.17, 15) is 9.90 Å². The lowest BCUT2D eigenvalue weighted by atomic mass is 10.1. The molecule has 0 spiro atoms. The molecule has 0 amide bonds. The molecule has 0 radical (unpaired) electrons. The summed E-state index contributed by atoms with van der Waals surface area (Å²) >= 11 is 0. The van der Waals surface area contributed by atoms with Crippen LogP contribution in [0.3, 0.4) is 0 Å². The summed E-state index contributed by atoms with van der Waals surface area (Å²) in [5, 5.41) is 9.57. The summed E-state index contributed by atoms with van der Waals surface area (Å²) in [5.74, 6) is -0.0372. The highest BCUT2D eigenvalue weighted by Crippen LogP contribution is 2.49. The van der Waals surface area contributed by atoms with Gasteiger partial charge in [0.05, 0.1) is 14.2 Å². The Morgan fingerprint density at radius 3 is 2.57 bits per heavy atom. The molecule has 0 fully saturated rings. The zero-order valence-electron chi connectivity index (χ0n) is 7.66. The first kappa shape index (κ1) is 8.68. The van der Waals surface area contributed by atoms with Gasteiger partial charge >= 0.3 is 5.97 Å². The predicted molar refractivity (Wildman–Crippen MR) is 46.2 cm³/mol. The SMILES string of the molecule is COc1cc2c(c(OC)c1O)OC2=O. The van der Waals surface area contributed by atoms with Crippen molar-refractivity contribution in [1.82, 2.24) is 0 Å². The maximum Gasteiger partial charge on any atom is 0.347 e. The van der Waals surface area contributed by atoms with Gasteiger partial charge in [0.2, 0.25) is 11.5 Å². The Hall–Kier alpha value is -1.91. The van der Waals surface area contributed by atoms with Crippen LogP contribution in [-0.2, 0) is 0 Å². The Labute approximate surface area is 79.8 Å². The van der Waals surface area contributed by atoms with Crippen molar-refractivity contribution in [3.63, 3.8) is 0 Å². The van der Waals surface area contributed by atoms with E-state index in [0.29, 0.717) is 5.56 Å². The van der Waals surface area contributed by atoms with Crippen LogP contribution in [0.5, 0.6) is 23.0 Å². The average molecular weight is 196 g/mol. The van der Waals surface area contributed by atoms with Crippen LogP contribution >= 0.6 is 0 Å². The van der Waals surface area contributed by atoms with Crippen molar-refractivity contribution >= 4 is 5.97 Å². The van der Waals surface area contributed by atoms with E-state index in [1.165, 1.54) is 20.3 Å². The van der Waals surface area contributed by atoms with E-state index in [1.807, 2.05) is 0 Å². The second-order valence-electron chi connectivity index (χ2n) is 2.73. The van der Waals surface area contributed by atoms with Gasteiger partial charge in [-0.1, -0.05) is 0 Å². The number of methoxy groups -OCH3 is 2. The first-order valence-electron chi connectivity index (χ1n) is 3.89. The number of rotatable bonds is 2. The quantitative estimate of drug-likeness (QED) is 0.713. The van der Waals surface area contributed by atoms with Crippen molar-refractivity contribution in [2.45, 2.75) is 0 Å². The Balaban J connectivity index is 2.64. The van der Waals surface area contributed by atoms with Gasteiger partial charge in [0.25, 0.3) is 0 Å². The van der Waals surface area contributed by atoms with E-state index in [-0.39, 0.29) is 23.0 Å². The highest BCUT2D eigenvalue weighted by molar-refractivity contribution is 6.04. The van der Waals surface area contributed by atoms with Crippen LogP contribution in [0, 0.1) is 0 Å². The molecule has 0 unspecified atom stereocenters. The Bertz CT molecular complexity index is 410. The van der Waals surface area contributed by atoms with Gasteiger partial charge in [-0.15, -0.1) is 0 Å². The Morgan fingerprint density at radius 1 is 1.36 bits per heavy atom. The molecule has 1 aromatic carbocycles. The molecule has 1 aliphatic heterocycles. The lowest BCUT2D eigenvalue weighted by Crippen LogP contribution is -2.21. The van der Waals surface area contributed by atoms with Crippen molar-refractivity contribution in [2.24, 2.45) is 0 Å². The lowest BCUT2D eigenvalue weighted by molar-refractivity contribution is 0.0648. The number of hydrogen-bond donors (Lipinski definition) is 1. The van der Waals surface area contributed by atoms with Gasteiger partial charge in [-0.2, -0.15) is 0 Å². The molecule has 74 valence electrons. The number of ether oxygens (including phenoxy) is 3. The summed E-state index contributed by atoms with van der Waals surface area (Å²) in [4.78, 5) is 11.0. The molecule has 0 atom stereocenters. The number of carbonyl (C=O) groups is 1. The Morgan fingerprint density at radius 2 is 2.07 bits per heavy atom. The molecular weight excluding hydrogens is 188 g/mol. The molecule has 0 saturated heterocycles. The fourth-order valence-electron chi connectivity index (χ4n) is 1.31. The smallest absolute Gasteiger partial charge is 0.347 e. The second-order valence-corrected chi connectivity index (χ2v) is 2.73. The third kappa shape index (κ3) is 0.921. The normalized spacial score (nSPS) is 12.6. The van der Waals surface area contributed by atoms with E-state index in [0.717, 1.165) is 0 Å². The number of esters is 1. The van der Waals surface area contributed by atoms with Crippen LogP contribution in [0.25, 0.3) is 0 Å². The minimum Gasteiger partial charge on any atom is -0.502 e. The number of phenols is 1. The molecule has 1 heterocycles. The van der Waals surface area contributed by atoms with Crippen LogP contribution in [0.2, 0.25) is 0 Å². The molecular formula is C9H8O5. The molecule has 1 aliphatic rings. The van der Waals surface area contributed by atoms with Crippen LogP contribution in [-0.4, -0.2) is 25.3 Å².